The quantitative estimate of drug-likeness (QED) is 0.379. The van der Waals surface area contributed by atoms with Gasteiger partial charge in [-0.3, -0.25) is 9.59 Å². The first-order valence-corrected chi connectivity index (χ1v) is 12.6. The van der Waals surface area contributed by atoms with Gasteiger partial charge < -0.3 is 25.6 Å². The second-order valence-electron chi connectivity index (χ2n) is 9.65. The largest absolute Gasteiger partial charge is 0.491 e. The molecule has 1 aliphatic rings. The van der Waals surface area contributed by atoms with Crippen LogP contribution >= 0.6 is 11.3 Å². The zero-order valence-electron chi connectivity index (χ0n) is 20.7. The normalized spacial score (nSPS) is 18.2. The SMILES string of the molecule is Cc1nc(OC2CCC(NC(=O)c3nn(C(F)F)c4cc(OCC(C)(C)O)ccc34)CC2)c(C(N)=O)s1. The molecular weight excluding hydrogens is 508 g/mol. The van der Waals surface area contributed by atoms with Gasteiger partial charge in [0, 0.05) is 17.5 Å². The molecule has 0 bridgehead atoms. The topological polar surface area (TPSA) is 142 Å². The van der Waals surface area contributed by atoms with Gasteiger partial charge in [-0.05, 0) is 58.6 Å². The van der Waals surface area contributed by atoms with Crippen LogP contribution in [-0.4, -0.2) is 56.0 Å². The predicted octanol–water partition coefficient (Wildman–Crippen LogP) is 3.56. The summed E-state index contributed by atoms with van der Waals surface area (Å²) in [5, 5.41) is 17.6. The lowest BCUT2D eigenvalue weighted by molar-refractivity contribution is 0.0284. The molecule has 200 valence electrons. The van der Waals surface area contributed by atoms with Crippen LogP contribution in [0.3, 0.4) is 0 Å². The number of aliphatic hydroxyl groups is 1. The molecule has 0 aliphatic heterocycles. The summed E-state index contributed by atoms with van der Waals surface area (Å²) in [4.78, 5) is 29.1. The monoisotopic (exact) mass is 537 g/mol. The first kappa shape index (κ1) is 26.7. The summed E-state index contributed by atoms with van der Waals surface area (Å²) in [5.74, 6) is -0.633. The Bertz CT molecular complexity index is 1290. The number of nitrogens with one attached hydrogen (secondary N) is 1. The molecule has 4 N–H and O–H groups in total. The van der Waals surface area contributed by atoms with Gasteiger partial charge in [0.15, 0.2) is 10.6 Å². The minimum Gasteiger partial charge on any atom is -0.491 e. The molecule has 0 spiro atoms. The maximum Gasteiger partial charge on any atom is 0.333 e. The Morgan fingerprint density at radius 3 is 2.62 bits per heavy atom. The van der Waals surface area contributed by atoms with Crippen LogP contribution in [0.4, 0.5) is 8.78 Å². The van der Waals surface area contributed by atoms with E-state index < -0.39 is 24.0 Å². The van der Waals surface area contributed by atoms with E-state index in [1.807, 2.05) is 0 Å². The van der Waals surface area contributed by atoms with Crippen molar-refractivity contribution in [3.63, 3.8) is 0 Å². The Morgan fingerprint density at radius 1 is 1.30 bits per heavy atom. The Labute approximate surface area is 215 Å². The summed E-state index contributed by atoms with van der Waals surface area (Å²) >= 11 is 1.18. The van der Waals surface area contributed by atoms with Crippen LogP contribution in [-0.2, 0) is 0 Å². The first-order valence-electron chi connectivity index (χ1n) is 11.8. The molecular formula is C24H29F2N5O5S. The molecule has 0 atom stereocenters. The molecule has 1 saturated carbocycles. The van der Waals surface area contributed by atoms with Crippen molar-refractivity contribution in [3.8, 4) is 11.6 Å². The highest BCUT2D eigenvalue weighted by atomic mass is 32.1. The standard InChI is InChI=1S/C24H29F2N5O5S/c1-12-28-22(19(37-12)20(27)32)36-14-6-4-13(5-7-14)29-21(33)18-16-9-8-15(35-11-24(2,3)34)10-17(16)31(30-18)23(25)26/h8-10,13-14,23,34H,4-7,11H2,1-3H3,(H2,27,32)(H,29,33). The molecule has 10 nitrogen and oxygen atoms in total. The van der Waals surface area contributed by atoms with Gasteiger partial charge in [-0.1, -0.05) is 0 Å². The number of amides is 2. The maximum atomic E-state index is 13.7. The molecule has 0 saturated heterocycles. The van der Waals surface area contributed by atoms with E-state index in [0.717, 1.165) is 0 Å². The lowest BCUT2D eigenvalue weighted by Crippen LogP contribution is -2.40. The number of benzene rings is 1. The summed E-state index contributed by atoms with van der Waals surface area (Å²) in [7, 11) is 0. The van der Waals surface area contributed by atoms with E-state index in [1.54, 1.807) is 26.8 Å². The number of hydrogen-bond acceptors (Lipinski definition) is 8. The van der Waals surface area contributed by atoms with E-state index in [-0.39, 0.29) is 51.9 Å². The van der Waals surface area contributed by atoms with Crippen LogP contribution in [0.2, 0.25) is 0 Å². The van der Waals surface area contributed by atoms with E-state index in [2.05, 4.69) is 15.4 Å². The van der Waals surface area contributed by atoms with Crippen LogP contribution in [0.5, 0.6) is 11.6 Å². The smallest absolute Gasteiger partial charge is 0.333 e. The highest BCUT2D eigenvalue weighted by molar-refractivity contribution is 7.13. The summed E-state index contributed by atoms with van der Waals surface area (Å²) in [5.41, 5.74) is 4.24. The Kier molecular flexibility index (Phi) is 7.64. The van der Waals surface area contributed by atoms with E-state index in [1.165, 1.54) is 23.5 Å². The van der Waals surface area contributed by atoms with Gasteiger partial charge in [0.2, 0.25) is 5.88 Å². The summed E-state index contributed by atoms with van der Waals surface area (Å²) < 4.78 is 39.3. The second kappa shape index (κ2) is 10.6. The Balaban J connectivity index is 1.42. The van der Waals surface area contributed by atoms with Gasteiger partial charge in [0.25, 0.3) is 11.8 Å². The van der Waals surface area contributed by atoms with Crippen molar-refractivity contribution in [2.45, 2.75) is 70.8 Å². The van der Waals surface area contributed by atoms with Gasteiger partial charge in [-0.15, -0.1) is 11.3 Å². The number of thiazole rings is 1. The second-order valence-corrected chi connectivity index (χ2v) is 10.9. The van der Waals surface area contributed by atoms with Crippen LogP contribution in [0, 0.1) is 6.92 Å². The molecule has 0 radical (unpaired) electrons. The number of carbonyl (C=O) groups excluding carboxylic acids is 2. The number of ether oxygens (including phenoxy) is 2. The summed E-state index contributed by atoms with van der Waals surface area (Å²) in [6.07, 6.45) is 2.21. The Morgan fingerprint density at radius 2 is 2.00 bits per heavy atom. The van der Waals surface area contributed by atoms with Crippen molar-refractivity contribution in [2.75, 3.05) is 6.61 Å². The number of alkyl halides is 2. The maximum absolute atomic E-state index is 13.7. The fourth-order valence-corrected chi connectivity index (χ4v) is 4.87. The first-order chi connectivity index (χ1) is 17.4. The van der Waals surface area contributed by atoms with Gasteiger partial charge in [-0.2, -0.15) is 13.9 Å². The number of carbonyl (C=O) groups is 2. The molecule has 2 aromatic heterocycles. The van der Waals surface area contributed by atoms with Gasteiger partial charge in [-0.25, -0.2) is 9.67 Å². The van der Waals surface area contributed by atoms with Crippen LogP contribution < -0.4 is 20.5 Å². The number of halogens is 2. The number of aromatic nitrogens is 3. The van der Waals surface area contributed by atoms with Crippen molar-refractivity contribution in [1.82, 2.24) is 20.1 Å². The Hall–Kier alpha value is -3.32. The summed E-state index contributed by atoms with van der Waals surface area (Å²) in [6, 6.07) is 4.24. The van der Waals surface area contributed by atoms with Crippen molar-refractivity contribution in [2.24, 2.45) is 5.73 Å². The average Bonchev–Trinajstić information content (AvgIpc) is 3.39. The molecule has 1 aromatic carbocycles. The van der Waals surface area contributed by atoms with Crippen LogP contribution in [0.1, 0.15) is 71.2 Å². The molecule has 4 rings (SSSR count). The lowest BCUT2D eigenvalue weighted by Gasteiger charge is -2.29. The number of fused-ring (bicyclic) bond motifs is 1. The van der Waals surface area contributed by atoms with Crippen LogP contribution in [0.15, 0.2) is 18.2 Å². The highest BCUT2D eigenvalue weighted by Gasteiger charge is 2.28. The number of rotatable bonds is 9. The predicted molar refractivity (Wildman–Crippen MR) is 132 cm³/mol. The molecule has 37 heavy (non-hydrogen) atoms. The number of aryl methyl sites for hydroxylation is 1. The number of nitrogens with zero attached hydrogens (tertiary/aromatic N) is 3. The molecule has 2 amide bonds. The fraction of sp³-hybridized carbons (Fsp3) is 0.500. The van der Waals surface area contributed by atoms with Crippen LogP contribution in [0.25, 0.3) is 10.9 Å². The third kappa shape index (κ3) is 6.34. The molecule has 1 aliphatic carbocycles. The third-order valence-electron chi connectivity index (χ3n) is 5.89. The minimum absolute atomic E-state index is 0.0347. The van der Waals surface area contributed by atoms with E-state index >= 15 is 0 Å². The lowest BCUT2D eigenvalue weighted by atomic mass is 9.93. The summed E-state index contributed by atoms with van der Waals surface area (Å²) in [6.45, 7) is 1.90. The third-order valence-corrected chi connectivity index (χ3v) is 6.85. The zero-order valence-corrected chi connectivity index (χ0v) is 21.5. The van der Waals surface area contributed by atoms with Crippen molar-refractivity contribution in [1.29, 1.82) is 0 Å². The molecule has 2 heterocycles. The highest BCUT2D eigenvalue weighted by Crippen LogP contribution is 2.31. The van der Waals surface area contributed by atoms with Crippen molar-refractivity contribution in [3.05, 3.63) is 33.8 Å². The number of nitrogens with two attached hydrogens (primary N) is 1. The molecule has 13 heteroatoms. The molecule has 0 unspecified atom stereocenters. The van der Waals surface area contributed by atoms with E-state index in [0.29, 0.717) is 35.4 Å². The van der Waals surface area contributed by atoms with Gasteiger partial charge in [0.1, 0.15) is 18.5 Å². The fourth-order valence-electron chi connectivity index (χ4n) is 4.16. The molecule has 3 aromatic rings. The number of hydrogen-bond donors (Lipinski definition) is 3. The minimum atomic E-state index is -2.96. The zero-order chi connectivity index (χ0) is 26.9. The van der Waals surface area contributed by atoms with Crippen molar-refractivity contribution >= 4 is 34.1 Å². The number of primary amides is 1. The van der Waals surface area contributed by atoms with E-state index in [4.69, 9.17) is 15.2 Å². The van der Waals surface area contributed by atoms with Crippen molar-refractivity contribution < 1.29 is 33.0 Å². The van der Waals surface area contributed by atoms with Gasteiger partial charge >= 0.3 is 6.55 Å². The van der Waals surface area contributed by atoms with Gasteiger partial charge in [0.05, 0.1) is 16.1 Å². The molecule has 1 fully saturated rings. The van der Waals surface area contributed by atoms with E-state index in [9.17, 15) is 23.5 Å². The average molecular weight is 538 g/mol.